The number of rotatable bonds is 9. The maximum absolute atomic E-state index is 15.0. The van der Waals surface area contributed by atoms with Crippen LogP contribution in [0.25, 0.3) is 0 Å². The lowest BCUT2D eigenvalue weighted by Crippen LogP contribution is -2.50. The van der Waals surface area contributed by atoms with Crippen LogP contribution in [0.3, 0.4) is 0 Å². The Hall–Kier alpha value is -3.24. The fourth-order valence-corrected chi connectivity index (χ4v) is 3.77. The highest BCUT2D eigenvalue weighted by Gasteiger charge is 2.73. The molecular weight excluding hydrogens is 614 g/mol. The highest BCUT2D eigenvalue weighted by atomic mass is 79.9. The zero-order valence-electron chi connectivity index (χ0n) is 18.7. The second-order valence-corrected chi connectivity index (χ2v) is 8.22. The molecule has 0 radical (unpaired) electrons. The number of aliphatic carboxylic acids is 1. The van der Waals surface area contributed by atoms with Crippen LogP contribution in [-0.4, -0.2) is 49.0 Å². The first kappa shape index (κ1) is 31.0. The highest BCUT2D eigenvalue weighted by molar-refractivity contribution is 9.10. The molecule has 0 aromatic heterocycles. The number of carboxylic acids is 1. The van der Waals surface area contributed by atoms with Crippen LogP contribution in [-0.2, 0) is 10.5 Å². The molecule has 2 N–H and O–H groups in total. The number of nitrogens with zero attached hydrogens (tertiary/aromatic N) is 1. The van der Waals surface area contributed by atoms with Crippen molar-refractivity contribution in [1.29, 1.82) is 0 Å². The molecule has 17 heteroatoms. The maximum atomic E-state index is 15.0. The third kappa shape index (κ3) is 6.24. The SMILES string of the molecule is CCN(CC(=O)O)c1cccc(C(=O)Nc2c(Br)cc(C(F)(C(F)(F)F)C(F)(F)F)cc2OC(F)F)c1F. The van der Waals surface area contributed by atoms with Crippen LogP contribution in [0.2, 0.25) is 0 Å². The summed E-state index contributed by atoms with van der Waals surface area (Å²) in [5.41, 5.74) is -10.4. The van der Waals surface area contributed by atoms with Crippen LogP contribution < -0.4 is 15.0 Å². The van der Waals surface area contributed by atoms with E-state index in [0.29, 0.717) is 0 Å². The topological polar surface area (TPSA) is 78.9 Å². The number of hydrogen-bond donors (Lipinski definition) is 2. The van der Waals surface area contributed by atoms with E-state index in [0.717, 1.165) is 23.1 Å². The van der Waals surface area contributed by atoms with Crippen LogP contribution in [0.1, 0.15) is 22.8 Å². The minimum atomic E-state index is -6.58. The number of carbonyl (C=O) groups excluding carboxylic acids is 1. The Kier molecular flexibility index (Phi) is 9.17. The summed E-state index contributed by atoms with van der Waals surface area (Å²) in [5, 5.41) is 10.8. The van der Waals surface area contributed by atoms with E-state index in [-0.39, 0.29) is 24.4 Å². The van der Waals surface area contributed by atoms with Gasteiger partial charge in [-0.05, 0) is 47.1 Å². The van der Waals surface area contributed by atoms with Gasteiger partial charge in [-0.3, -0.25) is 9.59 Å². The molecule has 0 fully saturated rings. The van der Waals surface area contributed by atoms with Crippen molar-refractivity contribution in [1.82, 2.24) is 0 Å². The van der Waals surface area contributed by atoms with E-state index in [1.807, 2.05) is 5.32 Å². The summed E-state index contributed by atoms with van der Waals surface area (Å²) in [6.07, 6.45) is -13.2. The lowest BCUT2D eigenvalue weighted by molar-refractivity contribution is -0.348. The van der Waals surface area contributed by atoms with Gasteiger partial charge in [0.1, 0.15) is 6.54 Å². The van der Waals surface area contributed by atoms with Gasteiger partial charge < -0.3 is 20.1 Å². The van der Waals surface area contributed by atoms with Crippen molar-refractivity contribution in [3.63, 3.8) is 0 Å². The minimum absolute atomic E-state index is 0.0307. The number of nitrogens with one attached hydrogen (secondary N) is 1. The summed E-state index contributed by atoms with van der Waals surface area (Å²) in [7, 11) is 0. The Morgan fingerprint density at radius 1 is 1.08 bits per heavy atom. The number of anilines is 2. The first-order valence-electron chi connectivity index (χ1n) is 10.0. The van der Waals surface area contributed by atoms with E-state index in [1.54, 1.807) is 0 Å². The normalized spacial score (nSPS) is 12.4. The van der Waals surface area contributed by atoms with E-state index in [1.165, 1.54) is 6.92 Å². The van der Waals surface area contributed by atoms with E-state index >= 15 is 4.39 Å². The molecule has 6 nitrogen and oxygen atoms in total. The first-order chi connectivity index (χ1) is 17.3. The molecule has 0 spiro atoms. The van der Waals surface area contributed by atoms with E-state index in [4.69, 9.17) is 5.11 Å². The summed E-state index contributed by atoms with van der Waals surface area (Å²) < 4.78 is 137. The van der Waals surface area contributed by atoms with Crippen LogP contribution in [0.5, 0.6) is 5.75 Å². The minimum Gasteiger partial charge on any atom is -0.480 e. The van der Waals surface area contributed by atoms with Gasteiger partial charge in [0.05, 0.1) is 16.9 Å². The van der Waals surface area contributed by atoms with Gasteiger partial charge >= 0.3 is 30.6 Å². The molecule has 2 rings (SSSR count). The number of halogens is 11. The van der Waals surface area contributed by atoms with Gasteiger partial charge in [0.2, 0.25) is 0 Å². The standard InChI is InChI=1S/C21H15BrF10N2O4/c1-2-34(8-14(35)36)12-5-3-4-10(15(12)23)17(37)33-16-11(22)6-9(7-13(16)38-18(24)25)19(26,20(27,28)29)21(30,31)32/h3-7,18H,2,8H2,1H3,(H,33,37)(H,35,36). The molecule has 0 heterocycles. The van der Waals surface area contributed by atoms with Gasteiger partial charge in [-0.2, -0.15) is 35.1 Å². The molecule has 2 aromatic rings. The number of ether oxygens (including phenoxy) is 1. The predicted octanol–water partition coefficient (Wildman–Crippen LogP) is 6.64. The lowest BCUT2D eigenvalue weighted by atomic mass is 9.93. The zero-order chi connectivity index (χ0) is 29.2. The van der Waals surface area contributed by atoms with Gasteiger partial charge in [0.25, 0.3) is 5.91 Å². The van der Waals surface area contributed by atoms with Gasteiger partial charge in [-0.15, -0.1) is 0 Å². The summed E-state index contributed by atoms with van der Waals surface area (Å²) in [4.78, 5) is 24.7. The molecule has 0 saturated carbocycles. The van der Waals surface area contributed by atoms with E-state index < -0.39 is 75.9 Å². The molecular formula is C21H15BrF10N2O4. The zero-order valence-corrected chi connectivity index (χ0v) is 20.2. The highest BCUT2D eigenvalue weighted by Crippen LogP contribution is 2.55. The Morgan fingerprint density at radius 2 is 1.66 bits per heavy atom. The number of likely N-dealkylation sites (N-methyl/N-ethyl adjacent to an activating group) is 1. The lowest BCUT2D eigenvalue weighted by Gasteiger charge is -2.31. The Morgan fingerprint density at radius 3 is 2.13 bits per heavy atom. The molecule has 1 amide bonds. The average molecular weight is 629 g/mol. The van der Waals surface area contributed by atoms with Crippen LogP contribution in [0, 0.1) is 5.82 Å². The molecule has 38 heavy (non-hydrogen) atoms. The molecule has 0 unspecified atom stereocenters. The number of carboxylic acid groups (broad SMARTS) is 1. The second-order valence-electron chi connectivity index (χ2n) is 7.36. The fraction of sp³-hybridized carbons (Fsp3) is 0.333. The summed E-state index contributed by atoms with van der Waals surface area (Å²) in [6.45, 7) is -3.10. The molecule has 0 bridgehead atoms. The van der Waals surface area contributed by atoms with E-state index in [9.17, 15) is 49.1 Å². The second kappa shape index (κ2) is 11.2. The monoisotopic (exact) mass is 628 g/mol. The molecule has 0 aliphatic carbocycles. The fourth-order valence-electron chi connectivity index (χ4n) is 3.23. The van der Waals surface area contributed by atoms with E-state index in [2.05, 4.69) is 20.7 Å². The van der Waals surface area contributed by atoms with Gasteiger partial charge in [0, 0.05) is 16.6 Å². The van der Waals surface area contributed by atoms with Crippen molar-refractivity contribution in [3.05, 3.63) is 51.7 Å². The quantitative estimate of drug-likeness (QED) is 0.304. The Bertz CT molecular complexity index is 1190. The van der Waals surface area contributed by atoms with Crippen LogP contribution in [0.4, 0.5) is 55.3 Å². The van der Waals surface area contributed by atoms with Gasteiger partial charge in [-0.25, -0.2) is 8.78 Å². The summed E-state index contributed by atoms with van der Waals surface area (Å²) in [6, 6.07) is 2.72. The van der Waals surface area contributed by atoms with Crippen molar-refractivity contribution in [3.8, 4) is 5.75 Å². The molecule has 2 aromatic carbocycles. The first-order valence-corrected chi connectivity index (χ1v) is 10.8. The number of carbonyl (C=O) groups is 2. The van der Waals surface area contributed by atoms with Gasteiger partial charge in [-0.1, -0.05) is 6.07 Å². The smallest absolute Gasteiger partial charge is 0.435 e. The van der Waals surface area contributed by atoms with Crippen LogP contribution >= 0.6 is 15.9 Å². The third-order valence-electron chi connectivity index (χ3n) is 4.96. The van der Waals surface area contributed by atoms with Crippen molar-refractivity contribution >= 4 is 39.2 Å². The molecule has 210 valence electrons. The molecule has 0 saturated heterocycles. The Labute approximate surface area is 215 Å². The van der Waals surface area contributed by atoms with Gasteiger partial charge in [0.15, 0.2) is 11.6 Å². The van der Waals surface area contributed by atoms with Crippen molar-refractivity contribution in [2.45, 2.75) is 31.6 Å². The largest absolute Gasteiger partial charge is 0.480 e. The van der Waals surface area contributed by atoms with Crippen molar-refractivity contribution < 1.29 is 63.3 Å². The molecule has 0 aliphatic rings. The summed E-state index contributed by atoms with van der Waals surface area (Å²) >= 11 is 2.50. The van der Waals surface area contributed by atoms with Crippen molar-refractivity contribution in [2.24, 2.45) is 0 Å². The maximum Gasteiger partial charge on any atom is 0.435 e. The number of benzene rings is 2. The molecule has 0 aliphatic heterocycles. The Balaban J connectivity index is 2.62. The van der Waals surface area contributed by atoms with Crippen molar-refractivity contribution in [2.75, 3.05) is 23.3 Å². The summed E-state index contributed by atoms with van der Waals surface area (Å²) in [5.74, 6) is -5.58. The molecule has 0 atom stereocenters. The predicted molar refractivity (Wildman–Crippen MR) is 116 cm³/mol. The third-order valence-corrected chi connectivity index (χ3v) is 5.58. The average Bonchev–Trinajstić information content (AvgIpc) is 2.77. The van der Waals surface area contributed by atoms with Crippen LogP contribution in [0.15, 0.2) is 34.8 Å². The number of hydrogen-bond acceptors (Lipinski definition) is 4. The number of amides is 1. The number of alkyl halides is 9.